The van der Waals surface area contributed by atoms with Gasteiger partial charge in [-0.15, -0.1) is 11.3 Å². The Bertz CT molecular complexity index is 1890. The molecule has 2 atom stereocenters. The first-order chi connectivity index (χ1) is 21.9. The summed E-state index contributed by atoms with van der Waals surface area (Å²) in [6, 6.07) is 11.4. The second-order valence-corrected chi connectivity index (χ2v) is 14.6. The van der Waals surface area contributed by atoms with Crippen LogP contribution in [0.3, 0.4) is 0 Å². The predicted octanol–water partition coefficient (Wildman–Crippen LogP) is 6.18. The number of thiazole rings is 1. The number of benzene rings is 2. The molecule has 46 heavy (non-hydrogen) atoms. The molecule has 13 heteroatoms. The number of cyclic esters (lactones) is 1. The number of hydrogen-bond acceptors (Lipinski definition) is 9. The summed E-state index contributed by atoms with van der Waals surface area (Å²) in [4.78, 5) is 53.1. The number of nitrogens with one attached hydrogen (secondary N) is 1. The molecule has 4 aromatic rings. The first-order valence-corrected chi connectivity index (χ1v) is 16.6. The van der Waals surface area contributed by atoms with Crippen molar-refractivity contribution in [2.45, 2.75) is 77.9 Å². The normalized spacial score (nSPS) is 19.3. The Morgan fingerprint density at radius 3 is 2.67 bits per heavy atom. The fourth-order valence-corrected chi connectivity index (χ4v) is 7.54. The summed E-state index contributed by atoms with van der Waals surface area (Å²) in [5.41, 5.74) is 3.30. The number of fused-ring (bicyclic) bond motifs is 3. The number of carbonyl (C=O) groups is 2. The minimum absolute atomic E-state index is 0.0195. The van der Waals surface area contributed by atoms with Gasteiger partial charge in [0.15, 0.2) is 0 Å². The average Bonchev–Trinajstić information content (AvgIpc) is 3.69. The minimum Gasteiger partial charge on any atom is -0.447 e. The van der Waals surface area contributed by atoms with Crippen molar-refractivity contribution in [1.82, 2.24) is 24.3 Å². The summed E-state index contributed by atoms with van der Waals surface area (Å²) < 4.78 is 12.5. The van der Waals surface area contributed by atoms with Crippen LogP contribution in [0, 0.1) is 6.92 Å². The van der Waals surface area contributed by atoms with E-state index in [0.717, 1.165) is 45.2 Å². The van der Waals surface area contributed by atoms with Gasteiger partial charge in [-0.3, -0.25) is 14.3 Å². The Labute approximate surface area is 275 Å². The van der Waals surface area contributed by atoms with E-state index in [-0.39, 0.29) is 29.8 Å². The summed E-state index contributed by atoms with van der Waals surface area (Å²) in [6.07, 6.45) is 0.864. The molecule has 2 fully saturated rings. The molecule has 3 aliphatic rings. The van der Waals surface area contributed by atoms with Crippen LogP contribution in [-0.4, -0.2) is 67.4 Å². The third-order valence-corrected chi connectivity index (χ3v) is 9.95. The lowest BCUT2D eigenvalue weighted by molar-refractivity contribution is 0.0241. The van der Waals surface area contributed by atoms with Gasteiger partial charge in [0.2, 0.25) is 0 Å². The van der Waals surface area contributed by atoms with Crippen molar-refractivity contribution in [2.75, 3.05) is 18.5 Å². The van der Waals surface area contributed by atoms with E-state index in [4.69, 9.17) is 31.0 Å². The average molecular weight is 663 g/mol. The predicted molar refractivity (Wildman–Crippen MR) is 176 cm³/mol. The molecule has 7 rings (SSSR count). The molecular formula is C33H35ClN6O5S. The molecule has 240 valence electrons. The van der Waals surface area contributed by atoms with Crippen LogP contribution in [0.15, 0.2) is 41.2 Å². The highest BCUT2D eigenvalue weighted by Crippen LogP contribution is 2.39. The first kappa shape index (κ1) is 30.5. The van der Waals surface area contributed by atoms with E-state index in [1.807, 2.05) is 64.1 Å². The van der Waals surface area contributed by atoms with Gasteiger partial charge in [-0.1, -0.05) is 23.7 Å². The van der Waals surface area contributed by atoms with Gasteiger partial charge in [0.25, 0.3) is 5.56 Å². The standard InChI is InChI=1S/C33H35ClN6O5S/c1-18-35-26-12-23(29-37-27-15-38(16-28(27)46-29)31(42)45-33(2,3)4)25(36-21-9-10-39-22(11-21)17-44-32(39)43)13-24(26)30(41)40(18)14-19-5-7-20(34)8-6-19/h5-8,12-13,21-22,36H,9-11,14-17H2,1-4H3/t21-,22-/m0/s1. The van der Waals surface area contributed by atoms with Crippen molar-refractivity contribution >= 4 is 51.7 Å². The molecule has 11 nitrogen and oxygen atoms in total. The number of carbonyl (C=O) groups excluding carboxylic acids is 2. The number of rotatable bonds is 5. The Balaban J connectivity index is 1.24. The number of amides is 2. The van der Waals surface area contributed by atoms with E-state index < -0.39 is 5.60 Å². The molecule has 3 aliphatic heterocycles. The maximum atomic E-state index is 14.0. The second-order valence-electron chi connectivity index (χ2n) is 13.1. The molecule has 1 N–H and O–H groups in total. The number of hydrogen-bond donors (Lipinski definition) is 1. The molecule has 2 aromatic carbocycles. The zero-order valence-corrected chi connectivity index (χ0v) is 27.7. The lowest BCUT2D eigenvalue weighted by atomic mass is 9.97. The second kappa shape index (κ2) is 11.6. The maximum Gasteiger partial charge on any atom is 0.410 e. The van der Waals surface area contributed by atoms with Crippen molar-refractivity contribution < 1.29 is 19.1 Å². The van der Waals surface area contributed by atoms with E-state index in [9.17, 15) is 14.4 Å². The smallest absolute Gasteiger partial charge is 0.410 e. The Hall–Kier alpha value is -4.16. The molecule has 0 spiro atoms. The summed E-state index contributed by atoms with van der Waals surface area (Å²) >= 11 is 7.62. The number of ether oxygens (including phenoxy) is 2. The lowest BCUT2D eigenvalue weighted by Gasteiger charge is -2.33. The van der Waals surface area contributed by atoms with Gasteiger partial charge in [0.1, 0.15) is 23.0 Å². The highest BCUT2D eigenvalue weighted by atomic mass is 35.5. The fraction of sp³-hybridized carbons (Fsp3) is 0.424. The van der Waals surface area contributed by atoms with Crippen molar-refractivity contribution in [3.8, 4) is 10.6 Å². The zero-order chi connectivity index (χ0) is 32.3. The van der Waals surface area contributed by atoms with E-state index in [1.54, 1.807) is 14.4 Å². The zero-order valence-electron chi connectivity index (χ0n) is 26.1. The van der Waals surface area contributed by atoms with Crippen LogP contribution in [0.5, 0.6) is 0 Å². The van der Waals surface area contributed by atoms with E-state index >= 15 is 0 Å². The molecule has 0 radical (unpaired) electrons. The van der Waals surface area contributed by atoms with Gasteiger partial charge in [-0.05, 0) is 70.4 Å². The van der Waals surface area contributed by atoms with Crippen LogP contribution < -0.4 is 10.9 Å². The monoisotopic (exact) mass is 662 g/mol. The molecule has 2 aromatic heterocycles. The number of halogens is 1. The van der Waals surface area contributed by atoms with Crippen molar-refractivity contribution in [1.29, 1.82) is 0 Å². The summed E-state index contributed by atoms with van der Waals surface area (Å²) in [5.74, 6) is 0.604. The van der Waals surface area contributed by atoms with Crippen LogP contribution in [0.1, 0.15) is 55.6 Å². The van der Waals surface area contributed by atoms with Gasteiger partial charge in [0, 0.05) is 33.7 Å². The summed E-state index contributed by atoms with van der Waals surface area (Å²) in [7, 11) is 0. The highest BCUT2D eigenvalue weighted by Gasteiger charge is 2.38. The Morgan fingerprint density at radius 2 is 1.93 bits per heavy atom. The summed E-state index contributed by atoms with van der Waals surface area (Å²) in [6.45, 7) is 9.55. The number of anilines is 1. The van der Waals surface area contributed by atoms with Crippen LogP contribution >= 0.6 is 22.9 Å². The van der Waals surface area contributed by atoms with Gasteiger partial charge in [-0.25, -0.2) is 19.6 Å². The van der Waals surface area contributed by atoms with Crippen molar-refractivity contribution in [3.63, 3.8) is 0 Å². The molecule has 0 bridgehead atoms. The lowest BCUT2D eigenvalue weighted by Crippen LogP contribution is -2.45. The van der Waals surface area contributed by atoms with Crippen LogP contribution in [-0.2, 0) is 29.1 Å². The van der Waals surface area contributed by atoms with Crippen molar-refractivity contribution in [2.24, 2.45) is 0 Å². The SMILES string of the molecule is Cc1nc2cc(-c3nc4c(s3)CN(C(=O)OC(C)(C)C)C4)c(N[C@H]3CCN4C(=O)OC[C@@H]4C3)cc2c(=O)n1Cc1ccc(Cl)cc1. The quantitative estimate of drug-likeness (QED) is 0.269. The number of piperidine rings is 1. The minimum atomic E-state index is -0.579. The van der Waals surface area contributed by atoms with Gasteiger partial charge >= 0.3 is 12.2 Å². The third kappa shape index (κ3) is 5.91. The van der Waals surface area contributed by atoms with E-state index in [1.165, 1.54) is 11.3 Å². The number of aromatic nitrogens is 3. The van der Waals surface area contributed by atoms with Crippen LogP contribution in [0.2, 0.25) is 5.02 Å². The van der Waals surface area contributed by atoms with E-state index in [0.29, 0.717) is 54.5 Å². The van der Waals surface area contributed by atoms with Crippen molar-refractivity contribution in [3.05, 3.63) is 73.7 Å². The van der Waals surface area contributed by atoms with Crippen LogP contribution in [0.4, 0.5) is 15.3 Å². The Morgan fingerprint density at radius 1 is 1.15 bits per heavy atom. The molecule has 0 unspecified atom stereocenters. The van der Waals surface area contributed by atoms with Gasteiger partial charge in [-0.2, -0.15) is 0 Å². The first-order valence-electron chi connectivity index (χ1n) is 15.4. The molecule has 5 heterocycles. The molecule has 2 saturated heterocycles. The van der Waals surface area contributed by atoms with Crippen LogP contribution in [0.25, 0.3) is 21.5 Å². The summed E-state index contributed by atoms with van der Waals surface area (Å²) in [5, 5.41) is 5.63. The largest absolute Gasteiger partial charge is 0.447 e. The topological polar surface area (TPSA) is 119 Å². The Kier molecular flexibility index (Phi) is 7.67. The third-order valence-electron chi connectivity index (χ3n) is 8.58. The highest BCUT2D eigenvalue weighted by molar-refractivity contribution is 7.15. The maximum absolute atomic E-state index is 14.0. The van der Waals surface area contributed by atoms with E-state index in [2.05, 4.69) is 5.32 Å². The van der Waals surface area contributed by atoms with Gasteiger partial charge in [0.05, 0.1) is 42.3 Å². The molecule has 0 aliphatic carbocycles. The van der Waals surface area contributed by atoms with Gasteiger partial charge < -0.3 is 19.7 Å². The molecule has 2 amide bonds. The molecule has 0 saturated carbocycles. The number of nitrogens with zero attached hydrogens (tertiary/aromatic N) is 5. The fourth-order valence-electron chi connectivity index (χ4n) is 6.30. The number of aryl methyl sites for hydroxylation is 1. The molecular weight excluding hydrogens is 628 g/mol.